The predicted octanol–water partition coefficient (Wildman–Crippen LogP) is 4.37. The summed E-state index contributed by atoms with van der Waals surface area (Å²) in [5, 5.41) is 0.238. The van der Waals surface area contributed by atoms with Gasteiger partial charge in [0.1, 0.15) is 10.0 Å². The molecule has 0 fully saturated rings. The van der Waals surface area contributed by atoms with Crippen molar-refractivity contribution in [2.45, 2.75) is 11.8 Å². The van der Waals surface area contributed by atoms with Crippen LogP contribution in [0, 0.1) is 6.92 Å². The van der Waals surface area contributed by atoms with Gasteiger partial charge in [0.15, 0.2) is 0 Å². The topological polar surface area (TPSA) is 59.1 Å². The van der Waals surface area contributed by atoms with Gasteiger partial charge in [0.25, 0.3) is 10.0 Å². The summed E-state index contributed by atoms with van der Waals surface area (Å²) >= 11 is 12.3. The molecule has 0 unspecified atom stereocenters. The molecule has 20 heavy (non-hydrogen) atoms. The largest absolute Gasteiger partial charge is 0.277 e. The molecule has 4 nitrogen and oxygen atoms in total. The first-order chi connectivity index (χ1) is 9.29. The second-order valence-electron chi connectivity index (χ2n) is 4.03. The van der Waals surface area contributed by atoms with E-state index in [1.54, 1.807) is 0 Å². The van der Waals surface area contributed by atoms with Gasteiger partial charge in [0, 0.05) is 15.1 Å². The lowest BCUT2D eigenvalue weighted by molar-refractivity contribution is 0.601. The lowest BCUT2D eigenvalue weighted by Crippen LogP contribution is -2.14. The normalized spacial score (nSPS) is 11.4. The minimum absolute atomic E-state index is 0.0428. The smallest absolute Gasteiger partial charge is 0.263 e. The van der Waals surface area contributed by atoms with E-state index in [0.29, 0.717) is 14.6 Å². The van der Waals surface area contributed by atoms with Crippen LogP contribution in [0.3, 0.4) is 0 Å². The molecule has 0 aliphatic rings. The van der Waals surface area contributed by atoms with Crippen LogP contribution in [0.1, 0.15) is 5.56 Å². The Hall–Kier alpha value is -0.630. The molecule has 0 aliphatic carbocycles. The molecule has 2 rings (SSSR count). The Balaban J connectivity index is 2.41. The highest BCUT2D eigenvalue weighted by molar-refractivity contribution is 9.11. The van der Waals surface area contributed by atoms with Crippen LogP contribution in [0.15, 0.2) is 44.3 Å². The Bertz CT molecular complexity index is 726. The maximum Gasteiger partial charge on any atom is 0.263 e. The van der Waals surface area contributed by atoms with Crippen molar-refractivity contribution in [3.63, 3.8) is 0 Å². The van der Waals surface area contributed by atoms with Crippen molar-refractivity contribution >= 4 is 59.2 Å². The number of aryl methyl sites for hydroxylation is 1. The average Bonchev–Trinajstić information content (AvgIpc) is 2.34. The van der Waals surface area contributed by atoms with Crippen molar-refractivity contribution in [1.82, 2.24) is 4.98 Å². The van der Waals surface area contributed by atoms with Gasteiger partial charge in [0.2, 0.25) is 0 Å². The molecule has 1 heterocycles. The molecule has 0 saturated carbocycles. The number of nitrogens with zero attached hydrogens (tertiary/aromatic N) is 1. The van der Waals surface area contributed by atoms with Gasteiger partial charge in [-0.25, -0.2) is 13.4 Å². The lowest BCUT2D eigenvalue weighted by Gasteiger charge is -2.12. The molecule has 1 aromatic carbocycles. The highest BCUT2D eigenvalue weighted by Crippen LogP contribution is 2.33. The summed E-state index contributed by atoms with van der Waals surface area (Å²) in [5.41, 5.74) is 1.44. The number of rotatable bonds is 3. The van der Waals surface area contributed by atoms with Crippen LogP contribution >= 0.6 is 43.5 Å². The summed E-state index contributed by atoms with van der Waals surface area (Å²) < 4.78 is 28.3. The third-order valence-electron chi connectivity index (χ3n) is 2.43. The van der Waals surface area contributed by atoms with Gasteiger partial charge in [-0.05, 0) is 68.6 Å². The van der Waals surface area contributed by atoms with Crippen LogP contribution < -0.4 is 4.72 Å². The van der Waals surface area contributed by atoms with Crippen LogP contribution in [-0.4, -0.2) is 13.4 Å². The second kappa shape index (κ2) is 6.01. The average molecular weight is 441 g/mol. The molecule has 8 heteroatoms. The number of hydrogen-bond acceptors (Lipinski definition) is 3. The van der Waals surface area contributed by atoms with Crippen LogP contribution in [-0.2, 0) is 10.0 Å². The van der Waals surface area contributed by atoms with Crippen molar-refractivity contribution in [3.05, 3.63) is 50.1 Å². The molecular formula is C12H9Br2ClN2O2S. The Morgan fingerprint density at radius 1 is 1.20 bits per heavy atom. The van der Waals surface area contributed by atoms with E-state index in [1.807, 2.05) is 19.1 Å². The molecule has 0 aliphatic heterocycles. The highest BCUT2D eigenvalue weighted by atomic mass is 79.9. The molecule has 0 spiro atoms. The second-order valence-corrected chi connectivity index (χ2v) is 7.80. The summed E-state index contributed by atoms with van der Waals surface area (Å²) in [4.78, 5) is 3.81. The molecule has 0 atom stereocenters. The first-order valence-electron chi connectivity index (χ1n) is 5.39. The van der Waals surface area contributed by atoms with E-state index >= 15 is 0 Å². The SMILES string of the molecule is Cc1cc(Br)c(NS(=O)(=O)c2ccc(Cl)nc2)c(Br)c1. The van der Waals surface area contributed by atoms with Gasteiger partial charge >= 0.3 is 0 Å². The first-order valence-corrected chi connectivity index (χ1v) is 8.84. The maximum atomic E-state index is 12.3. The fraction of sp³-hybridized carbons (Fsp3) is 0.0833. The monoisotopic (exact) mass is 438 g/mol. The van der Waals surface area contributed by atoms with E-state index in [1.165, 1.54) is 18.3 Å². The summed E-state index contributed by atoms with van der Waals surface area (Å²) in [5.74, 6) is 0. The van der Waals surface area contributed by atoms with E-state index in [4.69, 9.17) is 11.6 Å². The number of sulfonamides is 1. The number of anilines is 1. The number of halogens is 3. The number of aromatic nitrogens is 1. The van der Waals surface area contributed by atoms with Crippen LogP contribution in [0.5, 0.6) is 0 Å². The van der Waals surface area contributed by atoms with Crippen molar-refractivity contribution in [2.24, 2.45) is 0 Å². The molecule has 0 amide bonds. The summed E-state index contributed by atoms with van der Waals surface area (Å²) in [6.07, 6.45) is 1.21. The number of nitrogens with one attached hydrogen (secondary N) is 1. The Labute approximate surface area is 138 Å². The molecule has 0 saturated heterocycles. The first kappa shape index (κ1) is 15.8. The van der Waals surface area contributed by atoms with Gasteiger partial charge in [-0.1, -0.05) is 11.6 Å². The lowest BCUT2D eigenvalue weighted by atomic mass is 10.2. The summed E-state index contributed by atoms with van der Waals surface area (Å²) in [7, 11) is -3.72. The quantitative estimate of drug-likeness (QED) is 0.721. The molecule has 1 N–H and O–H groups in total. The van der Waals surface area contributed by atoms with Gasteiger partial charge < -0.3 is 0 Å². The van der Waals surface area contributed by atoms with Crippen molar-refractivity contribution in [3.8, 4) is 0 Å². The number of benzene rings is 1. The van der Waals surface area contributed by atoms with Gasteiger partial charge in [-0.2, -0.15) is 0 Å². The minimum atomic E-state index is -3.72. The molecule has 1 aromatic heterocycles. The predicted molar refractivity (Wildman–Crippen MR) is 86.6 cm³/mol. The van der Waals surface area contributed by atoms with Crippen LogP contribution in [0.4, 0.5) is 5.69 Å². The third-order valence-corrected chi connectivity index (χ3v) is 5.24. The van der Waals surface area contributed by atoms with Crippen molar-refractivity contribution in [1.29, 1.82) is 0 Å². The minimum Gasteiger partial charge on any atom is -0.277 e. The van der Waals surface area contributed by atoms with Crippen molar-refractivity contribution in [2.75, 3.05) is 4.72 Å². The fourth-order valence-corrected chi connectivity index (χ4v) is 4.54. The summed E-state index contributed by atoms with van der Waals surface area (Å²) in [6.45, 7) is 1.91. The fourth-order valence-electron chi connectivity index (χ4n) is 1.51. The zero-order valence-corrected chi connectivity index (χ0v) is 14.9. The number of pyridine rings is 1. The van der Waals surface area contributed by atoms with E-state index in [9.17, 15) is 8.42 Å². The third kappa shape index (κ3) is 3.52. The van der Waals surface area contributed by atoms with E-state index in [-0.39, 0.29) is 10.0 Å². The van der Waals surface area contributed by atoms with E-state index in [2.05, 4.69) is 41.6 Å². The summed E-state index contributed by atoms with van der Waals surface area (Å²) in [6, 6.07) is 6.47. The highest BCUT2D eigenvalue weighted by Gasteiger charge is 2.18. The maximum absolute atomic E-state index is 12.3. The number of hydrogen-bond donors (Lipinski definition) is 1. The van der Waals surface area contributed by atoms with Crippen molar-refractivity contribution < 1.29 is 8.42 Å². The van der Waals surface area contributed by atoms with Gasteiger partial charge in [0.05, 0.1) is 5.69 Å². The Kier molecular flexibility index (Phi) is 4.73. The van der Waals surface area contributed by atoms with Gasteiger partial charge in [-0.15, -0.1) is 0 Å². The molecule has 2 aromatic rings. The van der Waals surface area contributed by atoms with E-state index < -0.39 is 10.0 Å². The molecule has 0 radical (unpaired) electrons. The standard InChI is InChI=1S/C12H9Br2ClN2O2S/c1-7-4-9(13)12(10(14)5-7)17-20(18,19)8-2-3-11(15)16-6-8/h2-6,17H,1H3. The zero-order valence-electron chi connectivity index (χ0n) is 10.2. The van der Waals surface area contributed by atoms with Crippen LogP contribution in [0.2, 0.25) is 5.15 Å². The van der Waals surface area contributed by atoms with E-state index in [0.717, 1.165) is 5.56 Å². The van der Waals surface area contributed by atoms with Crippen LogP contribution in [0.25, 0.3) is 0 Å². The van der Waals surface area contributed by atoms with Gasteiger partial charge in [-0.3, -0.25) is 4.72 Å². The zero-order chi connectivity index (χ0) is 14.9. The molecular weight excluding hydrogens is 431 g/mol. The molecule has 0 bridgehead atoms. The Morgan fingerprint density at radius 3 is 2.30 bits per heavy atom. The molecule has 106 valence electrons. The Morgan fingerprint density at radius 2 is 1.80 bits per heavy atom.